The lowest BCUT2D eigenvalue weighted by atomic mass is 9.89. The van der Waals surface area contributed by atoms with E-state index < -0.39 is 0 Å². The number of rotatable bonds is 4. The molecule has 0 saturated carbocycles. The van der Waals surface area contributed by atoms with Crippen molar-refractivity contribution in [1.29, 1.82) is 0 Å². The van der Waals surface area contributed by atoms with Crippen LogP contribution in [0.2, 0.25) is 0 Å². The molecule has 3 rings (SSSR count). The van der Waals surface area contributed by atoms with Gasteiger partial charge in [-0.15, -0.1) is 11.6 Å². The van der Waals surface area contributed by atoms with Crippen LogP contribution in [0.3, 0.4) is 0 Å². The SMILES string of the molecule is O=C(CCl)CC1=C(c2ccc(O)cc2O)COc2cc(O)ccc21. The highest BCUT2D eigenvalue weighted by Crippen LogP contribution is 2.42. The summed E-state index contributed by atoms with van der Waals surface area (Å²) in [4.78, 5) is 11.9. The predicted molar refractivity (Wildman–Crippen MR) is 90.5 cm³/mol. The first kappa shape index (κ1) is 16.2. The first-order valence-electron chi connectivity index (χ1n) is 7.28. The number of phenolic OH excluding ortho intramolecular Hbond substituents is 3. The van der Waals surface area contributed by atoms with Crippen LogP contribution in [-0.2, 0) is 4.79 Å². The standard InChI is InChI=1S/C18H15ClO5/c19-8-12(22)5-15-14-4-2-11(21)7-18(14)24-9-16(15)13-3-1-10(20)6-17(13)23/h1-4,6-7,20-21,23H,5,8-9H2. The Hall–Kier alpha value is -2.66. The van der Waals surface area contributed by atoms with Crippen molar-refractivity contribution in [3.05, 3.63) is 47.5 Å². The summed E-state index contributed by atoms with van der Waals surface area (Å²) >= 11 is 5.64. The minimum atomic E-state index is -0.164. The van der Waals surface area contributed by atoms with Crippen LogP contribution < -0.4 is 4.74 Å². The number of carbonyl (C=O) groups excluding carboxylic acids is 1. The molecule has 0 spiro atoms. The van der Waals surface area contributed by atoms with Gasteiger partial charge in [-0.1, -0.05) is 0 Å². The largest absolute Gasteiger partial charge is 0.508 e. The number of aromatic hydroxyl groups is 3. The Bertz CT molecular complexity index is 841. The summed E-state index contributed by atoms with van der Waals surface area (Å²) in [5.41, 5.74) is 2.47. The van der Waals surface area contributed by atoms with E-state index in [1.807, 2.05) is 0 Å². The van der Waals surface area contributed by atoms with Crippen molar-refractivity contribution in [2.24, 2.45) is 0 Å². The smallest absolute Gasteiger partial charge is 0.151 e. The molecule has 1 aliphatic rings. The number of carbonyl (C=O) groups is 1. The molecule has 24 heavy (non-hydrogen) atoms. The maximum atomic E-state index is 11.9. The zero-order valence-corrected chi connectivity index (χ0v) is 13.4. The monoisotopic (exact) mass is 346 g/mol. The first-order chi connectivity index (χ1) is 11.5. The van der Waals surface area contributed by atoms with Crippen LogP contribution in [0.4, 0.5) is 0 Å². The maximum absolute atomic E-state index is 11.9. The molecule has 0 aromatic heterocycles. The highest BCUT2D eigenvalue weighted by atomic mass is 35.5. The lowest BCUT2D eigenvalue weighted by Gasteiger charge is -2.25. The second kappa shape index (κ2) is 6.45. The molecule has 5 nitrogen and oxygen atoms in total. The van der Waals surface area contributed by atoms with Crippen LogP contribution in [-0.4, -0.2) is 33.6 Å². The van der Waals surface area contributed by atoms with Gasteiger partial charge in [-0.2, -0.15) is 0 Å². The summed E-state index contributed by atoms with van der Waals surface area (Å²) in [6, 6.07) is 8.91. The number of allylic oxidation sites excluding steroid dienone is 1. The second-order valence-corrected chi connectivity index (χ2v) is 5.74. The molecule has 124 valence electrons. The fourth-order valence-electron chi connectivity index (χ4n) is 2.74. The molecular weight excluding hydrogens is 332 g/mol. The number of halogens is 1. The average Bonchev–Trinajstić information content (AvgIpc) is 2.55. The lowest BCUT2D eigenvalue weighted by molar-refractivity contribution is -0.115. The summed E-state index contributed by atoms with van der Waals surface area (Å²) in [6.07, 6.45) is 0.0836. The van der Waals surface area contributed by atoms with Crippen molar-refractivity contribution in [2.45, 2.75) is 6.42 Å². The van der Waals surface area contributed by atoms with Crippen molar-refractivity contribution in [3.8, 4) is 23.0 Å². The van der Waals surface area contributed by atoms with Crippen LogP contribution in [0.15, 0.2) is 36.4 Å². The molecule has 0 atom stereocenters. The van der Waals surface area contributed by atoms with Gasteiger partial charge in [0.05, 0.1) is 5.88 Å². The number of hydrogen-bond donors (Lipinski definition) is 3. The topological polar surface area (TPSA) is 87.0 Å². The molecule has 0 fully saturated rings. The van der Waals surface area contributed by atoms with E-state index in [1.54, 1.807) is 12.1 Å². The lowest BCUT2D eigenvalue weighted by Crippen LogP contribution is -2.13. The number of Topliss-reactive ketones (excluding diaryl/α,β-unsaturated/α-hetero) is 1. The van der Waals surface area contributed by atoms with Gasteiger partial charge in [0.1, 0.15) is 29.6 Å². The Morgan fingerprint density at radius 3 is 2.38 bits per heavy atom. The summed E-state index contributed by atoms with van der Waals surface area (Å²) < 4.78 is 5.67. The van der Waals surface area contributed by atoms with Crippen LogP contribution in [0.5, 0.6) is 23.0 Å². The maximum Gasteiger partial charge on any atom is 0.151 e. The molecule has 2 aromatic rings. The fourth-order valence-corrected chi connectivity index (χ4v) is 2.84. The molecule has 0 unspecified atom stereocenters. The molecule has 6 heteroatoms. The summed E-state index contributed by atoms with van der Waals surface area (Å²) in [7, 11) is 0. The molecule has 1 heterocycles. The highest BCUT2D eigenvalue weighted by Gasteiger charge is 2.25. The molecule has 1 aliphatic heterocycles. The van der Waals surface area contributed by atoms with Gasteiger partial charge in [0.2, 0.25) is 0 Å². The first-order valence-corrected chi connectivity index (χ1v) is 7.81. The third kappa shape index (κ3) is 3.03. The Kier molecular flexibility index (Phi) is 4.36. The van der Waals surface area contributed by atoms with Gasteiger partial charge in [-0.3, -0.25) is 4.79 Å². The quantitative estimate of drug-likeness (QED) is 0.739. The Morgan fingerprint density at radius 2 is 1.71 bits per heavy atom. The minimum Gasteiger partial charge on any atom is -0.508 e. The van der Waals surface area contributed by atoms with E-state index in [-0.39, 0.29) is 41.9 Å². The molecule has 0 amide bonds. The second-order valence-electron chi connectivity index (χ2n) is 5.48. The van der Waals surface area contributed by atoms with E-state index in [4.69, 9.17) is 16.3 Å². The molecule has 0 saturated heterocycles. The number of hydrogen-bond acceptors (Lipinski definition) is 5. The molecule has 0 radical (unpaired) electrons. The number of ketones is 1. The third-order valence-corrected chi connectivity index (χ3v) is 4.15. The van der Waals surface area contributed by atoms with Gasteiger partial charge in [0.15, 0.2) is 5.78 Å². The van der Waals surface area contributed by atoms with E-state index >= 15 is 0 Å². The number of fused-ring (bicyclic) bond motifs is 1. The van der Waals surface area contributed by atoms with Gasteiger partial charge >= 0.3 is 0 Å². The van der Waals surface area contributed by atoms with E-state index in [2.05, 4.69) is 0 Å². The average molecular weight is 347 g/mol. The Labute approximate surface area is 143 Å². The highest BCUT2D eigenvalue weighted by molar-refractivity contribution is 6.28. The summed E-state index contributed by atoms with van der Waals surface area (Å²) in [6.45, 7) is 0.125. The van der Waals surface area contributed by atoms with E-state index in [1.165, 1.54) is 24.3 Å². The predicted octanol–water partition coefficient (Wildman–Crippen LogP) is 3.30. The number of alkyl halides is 1. The zero-order chi connectivity index (χ0) is 17.3. The molecule has 0 aliphatic carbocycles. The minimum absolute atomic E-state index is 0.0581. The van der Waals surface area contributed by atoms with Crippen molar-refractivity contribution in [1.82, 2.24) is 0 Å². The van der Waals surface area contributed by atoms with Crippen LogP contribution in [0.1, 0.15) is 17.5 Å². The van der Waals surface area contributed by atoms with Gasteiger partial charge in [-0.05, 0) is 29.8 Å². The summed E-state index contributed by atoms with van der Waals surface area (Å²) in [5, 5.41) is 29.2. The van der Waals surface area contributed by atoms with Crippen molar-refractivity contribution < 1.29 is 24.9 Å². The van der Waals surface area contributed by atoms with Crippen LogP contribution in [0.25, 0.3) is 11.1 Å². The molecular formula is C18H15ClO5. The molecule has 0 bridgehead atoms. The van der Waals surface area contributed by atoms with Crippen molar-refractivity contribution in [2.75, 3.05) is 12.5 Å². The van der Waals surface area contributed by atoms with Gasteiger partial charge < -0.3 is 20.1 Å². The molecule has 2 aromatic carbocycles. The van der Waals surface area contributed by atoms with Crippen molar-refractivity contribution >= 4 is 28.5 Å². The van der Waals surface area contributed by atoms with Crippen LogP contribution >= 0.6 is 11.6 Å². The number of phenols is 3. The van der Waals surface area contributed by atoms with E-state index in [9.17, 15) is 20.1 Å². The van der Waals surface area contributed by atoms with Gasteiger partial charge in [0.25, 0.3) is 0 Å². The zero-order valence-electron chi connectivity index (χ0n) is 12.6. The van der Waals surface area contributed by atoms with Gasteiger partial charge in [0, 0.05) is 35.3 Å². The Morgan fingerprint density at radius 1 is 1.04 bits per heavy atom. The number of benzene rings is 2. The van der Waals surface area contributed by atoms with Crippen LogP contribution in [0, 0.1) is 0 Å². The normalized spacial score (nSPS) is 13.4. The van der Waals surface area contributed by atoms with Crippen molar-refractivity contribution in [3.63, 3.8) is 0 Å². The fraction of sp³-hybridized carbons (Fsp3) is 0.167. The van der Waals surface area contributed by atoms with E-state index in [0.717, 1.165) is 0 Å². The summed E-state index contributed by atoms with van der Waals surface area (Å²) in [5.74, 6) is 0.0847. The number of ether oxygens (including phenoxy) is 1. The van der Waals surface area contributed by atoms with Gasteiger partial charge in [-0.25, -0.2) is 0 Å². The van der Waals surface area contributed by atoms with E-state index in [0.29, 0.717) is 28.0 Å². The Balaban J connectivity index is 2.19. The third-order valence-electron chi connectivity index (χ3n) is 3.86. The molecule has 3 N–H and O–H groups in total.